The molecule has 0 aliphatic rings. The molecule has 2 rings (SSSR count). The van der Waals surface area contributed by atoms with Crippen LogP contribution in [0.5, 0.6) is 0 Å². The van der Waals surface area contributed by atoms with Crippen LogP contribution in [0, 0.1) is 6.92 Å². The minimum atomic E-state index is -7.13. The minimum absolute atomic E-state index is 0.173. The van der Waals surface area contributed by atoms with Gasteiger partial charge in [0, 0.05) is 0 Å². The lowest BCUT2D eigenvalue weighted by atomic mass is 10.0. The van der Waals surface area contributed by atoms with Gasteiger partial charge in [0.25, 0.3) is 0 Å². The predicted octanol–water partition coefficient (Wildman–Crippen LogP) is 5.01. The van der Waals surface area contributed by atoms with Crippen molar-refractivity contribution in [2.24, 2.45) is 0 Å². The molecule has 13 heteroatoms. The normalized spacial score (nSPS) is 13.9. The fraction of sp³-hybridized carbons (Fsp3) is 0.385. The third-order valence-corrected chi connectivity index (χ3v) is 4.13. The fourth-order valence-electron chi connectivity index (χ4n) is 1.78. The molecule has 26 heavy (non-hydrogen) atoms. The van der Waals surface area contributed by atoms with E-state index in [1.54, 1.807) is 13.0 Å². The highest BCUT2D eigenvalue weighted by molar-refractivity contribution is 7.22. The highest BCUT2D eigenvalue weighted by Crippen LogP contribution is 2.53. The summed E-state index contributed by atoms with van der Waals surface area (Å²) in [5.74, 6) is -23.6. The number of halogens is 9. The lowest BCUT2D eigenvalue weighted by molar-refractivity contribution is -0.388. The molecule has 0 unspecified atom stereocenters. The monoisotopic (exact) mass is 410 g/mol. The van der Waals surface area contributed by atoms with Gasteiger partial charge < -0.3 is 0 Å². The maximum absolute atomic E-state index is 13.5. The van der Waals surface area contributed by atoms with E-state index in [0.29, 0.717) is 21.6 Å². The number of aromatic nitrogens is 1. The topological polar surface area (TPSA) is 42.0 Å². The number of alkyl halides is 9. The van der Waals surface area contributed by atoms with Crippen molar-refractivity contribution in [2.75, 3.05) is 5.32 Å². The van der Waals surface area contributed by atoms with Gasteiger partial charge in [-0.05, 0) is 24.6 Å². The number of carbonyl (C=O) groups is 1. The molecule has 0 radical (unpaired) electrons. The van der Waals surface area contributed by atoms with Crippen molar-refractivity contribution in [1.82, 2.24) is 4.98 Å². The van der Waals surface area contributed by atoms with E-state index in [4.69, 9.17) is 0 Å². The van der Waals surface area contributed by atoms with Crippen molar-refractivity contribution < 1.29 is 44.3 Å². The summed E-state index contributed by atoms with van der Waals surface area (Å²) in [4.78, 5) is 14.9. The molecule has 1 amide bonds. The van der Waals surface area contributed by atoms with Crippen LogP contribution in [0.4, 0.5) is 44.6 Å². The van der Waals surface area contributed by atoms with Gasteiger partial charge in [0.15, 0.2) is 5.13 Å². The van der Waals surface area contributed by atoms with E-state index >= 15 is 0 Å². The third-order valence-electron chi connectivity index (χ3n) is 3.19. The molecule has 0 fully saturated rings. The molecular formula is C13H7F9N2OS. The molecule has 1 aromatic carbocycles. The Hall–Kier alpha value is -2.05. The lowest BCUT2D eigenvalue weighted by Gasteiger charge is -2.32. The van der Waals surface area contributed by atoms with Crippen molar-refractivity contribution in [3.05, 3.63) is 23.8 Å². The second-order valence-electron chi connectivity index (χ2n) is 5.17. The van der Waals surface area contributed by atoms with Crippen molar-refractivity contribution in [3.8, 4) is 0 Å². The van der Waals surface area contributed by atoms with Crippen molar-refractivity contribution in [2.45, 2.75) is 30.9 Å². The smallest absolute Gasteiger partial charge is 0.296 e. The number of hydrogen-bond acceptors (Lipinski definition) is 3. The van der Waals surface area contributed by atoms with Gasteiger partial charge in [0.2, 0.25) is 0 Å². The first kappa shape index (κ1) is 20.3. The van der Waals surface area contributed by atoms with Crippen LogP contribution in [0.25, 0.3) is 10.2 Å². The predicted molar refractivity (Wildman–Crippen MR) is 73.9 cm³/mol. The SMILES string of the molecule is Cc1ccc2nc(NC(=O)C(F)(F)C(F)(F)C(F)(F)C(F)(F)F)sc2c1. The van der Waals surface area contributed by atoms with E-state index in [1.165, 1.54) is 12.1 Å². The van der Waals surface area contributed by atoms with Crippen LogP contribution in [0.2, 0.25) is 0 Å². The maximum Gasteiger partial charge on any atom is 0.460 e. The van der Waals surface area contributed by atoms with E-state index in [1.807, 2.05) is 0 Å². The molecule has 3 nitrogen and oxygen atoms in total. The molecule has 144 valence electrons. The standard InChI is InChI=1S/C13H7F9N2OS/c1-5-2-3-6-7(4-5)26-9(23-6)24-8(25)10(14,15)11(16,17)12(18,19)13(20,21)22/h2-4H,1H3,(H,23,24,25). The molecule has 0 spiro atoms. The number of hydrogen-bond donors (Lipinski definition) is 1. The van der Waals surface area contributed by atoms with Crippen LogP contribution in [-0.2, 0) is 4.79 Å². The Morgan fingerprint density at radius 2 is 1.58 bits per heavy atom. The second kappa shape index (κ2) is 5.99. The summed E-state index contributed by atoms with van der Waals surface area (Å²) >= 11 is 0.549. The van der Waals surface area contributed by atoms with Crippen LogP contribution in [0.1, 0.15) is 5.56 Å². The first-order valence-corrected chi connectivity index (χ1v) is 7.31. The van der Waals surface area contributed by atoms with Crippen molar-refractivity contribution in [1.29, 1.82) is 0 Å². The average molecular weight is 410 g/mol. The molecule has 2 aromatic rings. The Kier molecular flexibility index (Phi) is 4.67. The summed E-state index contributed by atoms with van der Waals surface area (Å²) in [6.07, 6.45) is -6.99. The molecule has 1 aromatic heterocycles. The Morgan fingerprint density at radius 1 is 1.00 bits per heavy atom. The average Bonchev–Trinajstić information content (AvgIpc) is 2.86. The summed E-state index contributed by atoms with van der Waals surface area (Å²) in [7, 11) is 0. The van der Waals surface area contributed by atoms with Gasteiger partial charge in [0.1, 0.15) is 0 Å². The molecule has 0 saturated heterocycles. The number of amides is 1. The number of rotatable bonds is 4. The zero-order valence-corrected chi connectivity index (χ0v) is 13.2. The van der Waals surface area contributed by atoms with Crippen LogP contribution < -0.4 is 5.32 Å². The Balaban J connectivity index is 2.33. The zero-order chi connectivity index (χ0) is 20.1. The zero-order valence-electron chi connectivity index (χ0n) is 12.4. The van der Waals surface area contributed by atoms with Crippen LogP contribution in [-0.4, -0.2) is 34.8 Å². The van der Waals surface area contributed by atoms with Gasteiger partial charge in [0.05, 0.1) is 10.2 Å². The van der Waals surface area contributed by atoms with E-state index < -0.39 is 35.0 Å². The van der Waals surface area contributed by atoms with Gasteiger partial charge in [-0.25, -0.2) is 4.98 Å². The molecule has 0 bridgehead atoms. The summed E-state index contributed by atoms with van der Waals surface area (Å²) in [6.45, 7) is 1.66. The van der Waals surface area contributed by atoms with E-state index in [0.717, 1.165) is 5.32 Å². The Bertz CT molecular complexity index is 844. The summed E-state index contributed by atoms with van der Waals surface area (Å²) < 4.78 is 115. The number of anilines is 1. The van der Waals surface area contributed by atoms with Gasteiger partial charge in [-0.2, -0.15) is 39.5 Å². The number of thiazole rings is 1. The van der Waals surface area contributed by atoms with Crippen LogP contribution >= 0.6 is 11.3 Å². The molecular weight excluding hydrogens is 403 g/mol. The second-order valence-corrected chi connectivity index (χ2v) is 6.20. The summed E-state index contributed by atoms with van der Waals surface area (Å²) in [6, 6.07) is 4.47. The number of benzene rings is 1. The number of nitrogens with one attached hydrogen (secondary N) is 1. The molecule has 1 heterocycles. The van der Waals surface area contributed by atoms with Crippen LogP contribution in [0.15, 0.2) is 18.2 Å². The van der Waals surface area contributed by atoms with Crippen LogP contribution in [0.3, 0.4) is 0 Å². The van der Waals surface area contributed by atoms with Crippen molar-refractivity contribution >= 4 is 32.6 Å². The number of carbonyl (C=O) groups excluding carboxylic acids is 1. The Labute approximate surface area is 142 Å². The van der Waals surface area contributed by atoms with E-state index in [2.05, 4.69) is 4.98 Å². The molecule has 0 aliphatic heterocycles. The third kappa shape index (κ3) is 3.08. The maximum atomic E-state index is 13.5. The quantitative estimate of drug-likeness (QED) is 0.720. The Morgan fingerprint density at radius 3 is 2.12 bits per heavy atom. The first-order chi connectivity index (χ1) is 11.6. The summed E-state index contributed by atoms with van der Waals surface area (Å²) in [5.41, 5.74) is 0.882. The number of fused-ring (bicyclic) bond motifs is 1. The van der Waals surface area contributed by atoms with E-state index in [-0.39, 0.29) is 5.52 Å². The highest BCUT2D eigenvalue weighted by Gasteiger charge is 2.83. The lowest BCUT2D eigenvalue weighted by Crippen LogP contribution is -2.64. The minimum Gasteiger partial charge on any atom is -0.296 e. The van der Waals surface area contributed by atoms with Gasteiger partial charge in [-0.3, -0.25) is 10.1 Å². The van der Waals surface area contributed by atoms with Gasteiger partial charge in [-0.1, -0.05) is 17.4 Å². The highest BCUT2D eigenvalue weighted by atomic mass is 32.1. The number of aryl methyl sites for hydroxylation is 1. The van der Waals surface area contributed by atoms with Gasteiger partial charge in [-0.15, -0.1) is 0 Å². The largest absolute Gasteiger partial charge is 0.460 e. The molecule has 0 atom stereocenters. The van der Waals surface area contributed by atoms with Gasteiger partial charge >= 0.3 is 29.9 Å². The first-order valence-electron chi connectivity index (χ1n) is 6.50. The molecule has 0 saturated carbocycles. The number of nitrogens with zero attached hydrogens (tertiary/aromatic N) is 1. The molecule has 0 aliphatic carbocycles. The fourth-order valence-corrected chi connectivity index (χ4v) is 2.74. The van der Waals surface area contributed by atoms with Crippen molar-refractivity contribution in [3.63, 3.8) is 0 Å². The van der Waals surface area contributed by atoms with E-state index in [9.17, 15) is 44.3 Å². The molecule has 1 N–H and O–H groups in total. The summed E-state index contributed by atoms with van der Waals surface area (Å²) in [5, 5.41) is 0.493.